The van der Waals surface area contributed by atoms with Crippen molar-refractivity contribution in [3.8, 4) is 0 Å². The highest BCUT2D eigenvalue weighted by Crippen LogP contribution is 2.45. The van der Waals surface area contributed by atoms with E-state index < -0.39 is 35.7 Å². The lowest BCUT2D eigenvalue weighted by Crippen LogP contribution is -2.32. The molecule has 26 heavy (non-hydrogen) atoms. The van der Waals surface area contributed by atoms with Gasteiger partial charge in [0.05, 0.1) is 13.2 Å². The molecule has 0 spiro atoms. The first-order chi connectivity index (χ1) is 12.5. The number of benzene rings is 2. The number of aliphatic carboxylic acids is 1. The summed E-state index contributed by atoms with van der Waals surface area (Å²) in [5, 5.41) is 9.62. The number of carbonyl (C=O) groups is 3. The van der Waals surface area contributed by atoms with E-state index in [1.54, 1.807) is 30.3 Å². The van der Waals surface area contributed by atoms with Gasteiger partial charge in [0.25, 0.3) is 0 Å². The molecule has 2 aromatic carbocycles. The number of methoxy groups -OCH3 is 1. The first-order valence-electron chi connectivity index (χ1n) is 8.21. The Morgan fingerprint density at radius 1 is 1.04 bits per heavy atom. The maximum atomic E-state index is 13.0. The Balaban J connectivity index is 2.19. The fourth-order valence-corrected chi connectivity index (χ4v) is 3.44. The van der Waals surface area contributed by atoms with E-state index in [1.807, 2.05) is 31.2 Å². The molecule has 0 radical (unpaired) electrons. The van der Waals surface area contributed by atoms with Crippen molar-refractivity contribution in [3.05, 3.63) is 65.7 Å². The van der Waals surface area contributed by atoms with Crippen LogP contribution in [0.4, 0.5) is 5.69 Å². The number of nitrogens with zero attached hydrogens (tertiary/aromatic N) is 1. The second kappa shape index (κ2) is 7.00. The summed E-state index contributed by atoms with van der Waals surface area (Å²) in [5.41, 5.74) is 2.25. The van der Waals surface area contributed by atoms with E-state index in [0.29, 0.717) is 11.3 Å². The highest BCUT2D eigenvalue weighted by atomic mass is 16.5. The monoisotopic (exact) mass is 353 g/mol. The minimum absolute atomic E-state index is 0.542. The van der Waals surface area contributed by atoms with Crippen molar-refractivity contribution >= 4 is 23.5 Å². The Hall–Kier alpha value is -3.15. The molecule has 0 aromatic heterocycles. The number of hydrogen-bond donors (Lipinski definition) is 1. The summed E-state index contributed by atoms with van der Waals surface area (Å²) in [6.45, 7) is 1.93. The minimum atomic E-state index is -1.49. The van der Waals surface area contributed by atoms with Gasteiger partial charge in [-0.05, 0) is 24.6 Å². The van der Waals surface area contributed by atoms with Crippen LogP contribution in [0.15, 0.2) is 54.6 Å². The zero-order valence-electron chi connectivity index (χ0n) is 14.5. The van der Waals surface area contributed by atoms with E-state index in [1.165, 1.54) is 12.0 Å². The molecule has 1 N–H and O–H groups in total. The number of anilines is 1. The maximum Gasteiger partial charge on any atom is 0.317 e. The van der Waals surface area contributed by atoms with Gasteiger partial charge in [-0.1, -0.05) is 48.0 Å². The number of hydrogen-bond acceptors (Lipinski definition) is 4. The number of ether oxygens (including phenoxy) is 1. The normalized spacial score (nSPS) is 22.3. The van der Waals surface area contributed by atoms with Crippen LogP contribution >= 0.6 is 0 Å². The number of esters is 1. The molecule has 1 fully saturated rings. The van der Waals surface area contributed by atoms with Crippen molar-refractivity contribution < 1.29 is 24.2 Å². The smallest absolute Gasteiger partial charge is 0.317 e. The molecule has 134 valence electrons. The minimum Gasteiger partial charge on any atom is -0.481 e. The average Bonchev–Trinajstić information content (AvgIpc) is 2.95. The first kappa shape index (κ1) is 17.7. The number of para-hydroxylation sites is 1. The zero-order chi connectivity index (χ0) is 18.8. The topological polar surface area (TPSA) is 83.9 Å². The summed E-state index contributed by atoms with van der Waals surface area (Å²) in [4.78, 5) is 38.6. The summed E-state index contributed by atoms with van der Waals surface area (Å²) in [7, 11) is 1.20. The van der Waals surface area contributed by atoms with Crippen molar-refractivity contribution in [2.75, 3.05) is 12.0 Å². The largest absolute Gasteiger partial charge is 0.481 e. The fraction of sp³-hybridized carbons (Fsp3) is 0.250. The number of carboxylic acids is 1. The highest BCUT2D eigenvalue weighted by Gasteiger charge is 2.56. The molecular formula is C20H19NO5. The van der Waals surface area contributed by atoms with Crippen LogP contribution in [-0.4, -0.2) is 30.1 Å². The van der Waals surface area contributed by atoms with Gasteiger partial charge in [-0.25, -0.2) is 0 Å². The van der Waals surface area contributed by atoms with Gasteiger partial charge in [-0.2, -0.15) is 0 Å². The molecular weight excluding hydrogens is 334 g/mol. The second-order valence-corrected chi connectivity index (χ2v) is 6.26. The molecule has 3 rings (SSSR count). The molecule has 1 heterocycles. The number of amides is 1. The van der Waals surface area contributed by atoms with Crippen LogP contribution in [0.1, 0.15) is 17.2 Å². The summed E-state index contributed by atoms with van der Waals surface area (Å²) in [5.74, 6) is -5.29. The Morgan fingerprint density at radius 3 is 2.19 bits per heavy atom. The molecule has 0 saturated carbocycles. The second-order valence-electron chi connectivity index (χ2n) is 6.26. The Bertz CT molecular complexity index is 831. The van der Waals surface area contributed by atoms with Crippen molar-refractivity contribution in [1.82, 2.24) is 0 Å². The summed E-state index contributed by atoms with van der Waals surface area (Å²) in [6.07, 6.45) is 0. The van der Waals surface area contributed by atoms with E-state index in [-0.39, 0.29) is 0 Å². The van der Waals surface area contributed by atoms with E-state index in [2.05, 4.69) is 0 Å². The molecule has 1 amide bonds. The van der Waals surface area contributed by atoms with Crippen LogP contribution in [0.25, 0.3) is 0 Å². The van der Waals surface area contributed by atoms with Crippen LogP contribution in [-0.2, 0) is 19.1 Å². The summed E-state index contributed by atoms with van der Waals surface area (Å²) in [6, 6.07) is 15.4. The Labute approximate surface area is 151 Å². The highest BCUT2D eigenvalue weighted by molar-refractivity contribution is 6.12. The predicted octanol–water partition coefficient (Wildman–Crippen LogP) is 2.57. The summed E-state index contributed by atoms with van der Waals surface area (Å²) >= 11 is 0. The molecule has 3 atom stereocenters. The average molecular weight is 353 g/mol. The van der Waals surface area contributed by atoms with Gasteiger partial charge in [0.15, 0.2) is 5.92 Å². The van der Waals surface area contributed by atoms with Crippen LogP contribution < -0.4 is 4.90 Å². The fourth-order valence-electron chi connectivity index (χ4n) is 3.44. The zero-order valence-corrected chi connectivity index (χ0v) is 14.5. The number of carbonyl (C=O) groups excluding carboxylic acids is 2. The van der Waals surface area contributed by atoms with Crippen LogP contribution in [0.3, 0.4) is 0 Å². The molecule has 1 aliphatic heterocycles. The first-order valence-corrected chi connectivity index (χ1v) is 8.21. The third-order valence-corrected chi connectivity index (χ3v) is 4.67. The van der Waals surface area contributed by atoms with Crippen LogP contribution in [0, 0.1) is 18.8 Å². The predicted molar refractivity (Wildman–Crippen MR) is 94.5 cm³/mol. The van der Waals surface area contributed by atoms with Gasteiger partial charge in [-0.15, -0.1) is 0 Å². The number of aryl methyl sites for hydroxylation is 1. The standard InChI is InChI=1S/C20H19NO5/c1-12-8-10-13(11-9-12)17-15(20(25)26-2)16(19(23)24)18(22)21(17)14-6-4-3-5-7-14/h3-11,15-17H,1-2H3,(H,23,24)/t15-,16-,17+/m0/s1. The molecule has 0 aliphatic carbocycles. The van der Waals surface area contributed by atoms with Gasteiger partial charge in [-0.3, -0.25) is 14.4 Å². The van der Waals surface area contributed by atoms with Crippen LogP contribution in [0.2, 0.25) is 0 Å². The van der Waals surface area contributed by atoms with Gasteiger partial charge in [0.1, 0.15) is 5.92 Å². The van der Waals surface area contributed by atoms with Crippen molar-refractivity contribution in [3.63, 3.8) is 0 Å². The molecule has 0 bridgehead atoms. The molecule has 6 nitrogen and oxygen atoms in total. The van der Waals surface area contributed by atoms with Crippen molar-refractivity contribution in [2.24, 2.45) is 11.8 Å². The van der Waals surface area contributed by atoms with Crippen LogP contribution in [0.5, 0.6) is 0 Å². The molecule has 1 aliphatic rings. The molecule has 1 saturated heterocycles. The number of rotatable bonds is 4. The van der Waals surface area contributed by atoms with Crippen molar-refractivity contribution in [1.29, 1.82) is 0 Å². The van der Waals surface area contributed by atoms with Gasteiger partial charge in [0, 0.05) is 5.69 Å². The SMILES string of the molecule is COC(=O)[C@H]1[C@H](C(=O)O)C(=O)N(c2ccccc2)[C@@H]1c1ccc(C)cc1. The van der Waals surface area contributed by atoms with E-state index in [0.717, 1.165) is 5.56 Å². The summed E-state index contributed by atoms with van der Waals surface area (Å²) < 4.78 is 4.84. The maximum absolute atomic E-state index is 13.0. The lowest BCUT2D eigenvalue weighted by atomic mass is 9.86. The van der Waals surface area contributed by atoms with E-state index >= 15 is 0 Å². The van der Waals surface area contributed by atoms with E-state index in [4.69, 9.17) is 4.74 Å². The molecule has 0 unspecified atom stereocenters. The van der Waals surface area contributed by atoms with E-state index in [9.17, 15) is 19.5 Å². The quantitative estimate of drug-likeness (QED) is 0.675. The van der Waals surface area contributed by atoms with Gasteiger partial charge < -0.3 is 14.7 Å². The number of carboxylic acid groups (broad SMARTS) is 1. The third kappa shape index (κ3) is 2.94. The third-order valence-electron chi connectivity index (χ3n) is 4.67. The molecule has 2 aromatic rings. The van der Waals surface area contributed by atoms with Gasteiger partial charge in [0.2, 0.25) is 5.91 Å². The lowest BCUT2D eigenvalue weighted by Gasteiger charge is -2.27. The van der Waals surface area contributed by atoms with Gasteiger partial charge >= 0.3 is 11.9 Å². The lowest BCUT2D eigenvalue weighted by molar-refractivity contribution is -0.156. The van der Waals surface area contributed by atoms with Crippen molar-refractivity contribution in [2.45, 2.75) is 13.0 Å². The Kier molecular flexibility index (Phi) is 4.75. The Morgan fingerprint density at radius 2 is 1.65 bits per heavy atom. The molecule has 6 heteroatoms.